The number of amides is 1. The molecule has 1 saturated heterocycles. The van der Waals surface area contributed by atoms with Crippen LogP contribution in [-0.4, -0.2) is 11.4 Å². The van der Waals surface area contributed by atoms with Gasteiger partial charge in [0.1, 0.15) is 12.4 Å². The Hall–Kier alpha value is -1.43. The second kappa shape index (κ2) is 11.3. The fourth-order valence-corrected chi connectivity index (χ4v) is 6.48. The highest BCUT2D eigenvalue weighted by Crippen LogP contribution is 2.34. The first-order valence-corrected chi connectivity index (χ1v) is 13.7. The molecule has 33 heavy (non-hydrogen) atoms. The number of benzene rings is 3. The summed E-state index contributed by atoms with van der Waals surface area (Å²) >= 11 is 12.0. The number of hydrogen-bond donors (Lipinski definition) is 2. The first kappa shape index (κ1) is 24.7. The Morgan fingerprint density at radius 1 is 1.06 bits per heavy atom. The summed E-state index contributed by atoms with van der Waals surface area (Å²) in [4.78, 5) is 13.2. The average molecular weight is 703 g/mol. The predicted molar refractivity (Wildman–Crippen MR) is 155 cm³/mol. The molecule has 0 spiro atoms. The van der Waals surface area contributed by atoms with E-state index in [0.29, 0.717) is 16.5 Å². The van der Waals surface area contributed by atoms with E-state index in [1.807, 2.05) is 54.6 Å². The number of nitrogens with one attached hydrogen (secondary N) is 2. The number of carbonyl (C=O) groups is 1. The van der Waals surface area contributed by atoms with Crippen molar-refractivity contribution in [1.82, 2.24) is 5.32 Å². The van der Waals surface area contributed by atoms with Crippen LogP contribution in [0.1, 0.15) is 23.6 Å². The van der Waals surface area contributed by atoms with Gasteiger partial charge in [0.25, 0.3) is 5.91 Å². The molecule has 3 aromatic rings. The molecule has 4 rings (SSSR count). The number of anilines is 1. The molecule has 3 aromatic carbocycles. The van der Waals surface area contributed by atoms with E-state index >= 15 is 0 Å². The van der Waals surface area contributed by atoms with Crippen LogP contribution in [0.4, 0.5) is 5.69 Å². The molecular formula is C25H21ClI2N2O2S. The van der Waals surface area contributed by atoms with Crippen LogP contribution in [0.2, 0.25) is 5.02 Å². The van der Waals surface area contributed by atoms with Gasteiger partial charge in [-0.15, -0.1) is 0 Å². The Bertz CT molecular complexity index is 1160. The van der Waals surface area contributed by atoms with Gasteiger partial charge >= 0.3 is 0 Å². The van der Waals surface area contributed by atoms with Crippen LogP contribution in [0.3, 0.4) is 0 Å². The predicted octanol–water partition coefficient (Wildman–Crippen LogP) is 7.29. The molecule has 1 aliphatic heterocycles. The summed E-state index contributed by atoms with van der Waals surface area (Å²) in [7, 11) is 0. The van der Waals surface area contributed by atoms with Crippen LogP contribution in [0.5, 0.6) is 5.75 Å². The third kappa shape index (κ3) is 6.58. The zero-order chi connectivity index (χ0) is 23.4. The van der Waals surface area contributed by atoms with Gasteiger partial charge in [0.15, 0.2) is 5.50 Å². The van der Waals surface area contributed by atoms with Crippen molar-refractivity contribution in [2.45, 2.75) is 25.4 Å². The van der Waals surface area contributed by atoms with E-state index in [4.69, 9.17) is 16.3 Å². The molecular weight excluding hydrogens is 682 g/mol. The van der Waals surface area contributed by atoms with Crippen molar-refractivity contribution in [3.8, 4) is 5.75 Å². The molecule has 1 atom stereocenters. The zero-order valence-corrected chi connectivity index (χ0v) is 23.6. The summed E-state index contributed by atoms with van der Waals surface area (Å²) in [5.41, 5.74) is 4.09. The van der Waals surface area contributed by atoms with E-state index in [-0.39, 0.29) is 11.4 Å². The number of carbonyl (C=O) groups excluding carboxylic acids is 1. The molecule has 0 unspecified atom stereocenters. The minimum Gasteiger partial charge on any atom is -0.487 e. The molecule has 0 bridgehead atoms. The standard InChI is InChI=1S/C25H21ClI2N2O2S/c1-2-15-5-9-19(10-6-15)29-25-30-24(31)22(33-25)13-17-11-20(27)23(21(28)12-17)32-14-16-3-7-18(26)8-4-16/h3-13,25,29H,2,14H2,1H3,(H,30,31)/b22-13-/t25-/m1/s1. The van der Waals surface area contributed by atoms with Crippen molar-refractivity contribution in [2.24, 2.45) is 0 Å². The van der Waals surface area contributed by atoms with Gasteiger partial charge < -0.3 is 15.4 Å². The van der Waals surface area contributed by atoms with E-state index < -0.39 is 0 Å². The van der Waals surface area contributed by atoms with Crippen molar-refractivity contribution in [1.29, 1.82) is 0 Å². The van der Waals surface area contributed by atoms with Crippen molar-refractivity contribution in [3.05, 3.63) is 94.4 Å². The molecule has 8 heteroatoms. The molecule has 2 N–H and O–H groups in total. The topological polar surface area (TPSA) is 50.4 Å². The fraction of sp³-hybridized carbons (Fsp3) is 0.160. The van der Waals surface area contributed by atoms with Crippen molar-refractivity contribution in [2.75, 3.05) is 5.32 Å². The van der Waals surface area contributed by atoms with Gasteiger partial charge in [-0.05, 0) is 111 Å². The molecule has 1 amide bonds. The molecule has 4 nitrogen and oxygen atoms in total. The third-order valence-electron chi connectivity index (χ3n) is 5.01. The Morgan fingerprint density at radius 2 is 1.70 bits per heavy atom. The largest absolute Gasteiger partial charge is 0.487 e. The maximum absolute atomic E-state index is 12.5. The number of rotatable bonds is 7. The third-order valence-corrected chi connectivity index (χ3v) is 7.89. The van der Waals surface area contributed by atoms with Crippen molar-refractivity contribution < 1.29 is 9.53 Å². The zero-order valence-electron chi connectivity index (χ0n) is 17.7. The van der Waals surface area contributed by atoms with Gasteiger partial charge in [-0.1, -0.05) is 54.6 Å². The highest BCUT2D eigenvalue weighted by atomic mass is 127. The number of aryl methyl sites for hydroxylation is 1. The van der Waals surface area contributed by atoms with Crippen LogP contribution >= 0.6 is 68.5 Å². The summed E-state index contributed by atoms with van der Waals surface area (Å²) < 4.78 is 8.06. The highest BCUT2D eigenvalue weighted by Gasteiger charge is 2.27. The monoisotopic (exact) mass is 702 g/mol. The number of hydrogen-bond acceptors (Lipinski definition) is 4. The van der Waals surface area contributed by atoms with Crippen LogP contribution in [0.25, 0.3) is 6.08 Å². The van der Waals surface area contributed by atoms with Gasteiger partial charge in [0.05, 0.1) is 12.0 Å². The van der Waals surface area contributed by atoms with Gasteiger partial charge in [-0.3, -0.25) is 4.79 Å². The second-order valence-corrected chi connectivity index (χ2v) is 11.3. The first-order valence-electron chi connectivity index (χ1n) is 10.3. The van der Waals surface area contributed by atoms with Gasteiger partial charge in [0, 0.05) is 10.7 Å². The van der Waals surface area contributed by atoms with E-state index in [2.05, 4.69) is 74.9 Å². The minimum absolute atomic E-state index is 0.0734. The normalized spacial score (nSPS) is 16.7. The Labute approximate surface area is 230 Å². The minimum atomic E-state index is -0.198. The molecule has 170 valence electrons. The van der Waals surface area contributed by atoms with E-state index in [0.717, 1.165) is 36.1 Å². The summed E-state index contributed by atoms with van der Waals surface area (Å²) in [6.45, 7) is 2.60. The van der Waals surface area contributed by atoms with E-state index in [1.165, 1.54) is 17.3 Å². The molecule has 0 aliphatic carbocycles. The molecule has 0 radical (unpaired) electrons. The summed E-state index contributed by atoms with van der Waals surface area (Å²) in [6.07, 6.45) is 2.93. The maximum atomic E-state index is 12.5. The lowest BCUT2D eigenvalue weighted by molar-refractivity contribution is -0.116. The molecule has 0 aromatic heterocycles. The van der Waals surface area contributed by atoms with E-state index in [1.54, 1.807) is 0 Å². The molecule has 1 fully saturated rings. The smallest absolute Gasteiger partial charge is 0.260 e. The summed E-state index contributed by atoms with van der Waals surface area (Å²) in [5, 5.41) is 7.07. The van der Waals surface area contributed by atoms with Gasteiger partial charge in [-0.2, -0.15) is 0 Å². The number of thioether (sulfide) groups is 1. The summed E-state index contributed by atoms with van der Waals surface area (Å²) in [5.74, 6) is 0.766. The lowest BCUT2D eigenvalue weighted by Gasteiger charge is -2.13. The van der Waals surface area contributed by atoms with E-state index in [9.17, 15) is 4.79 Å². The Balaban J connectivity index is 1.43. The fourth-order valence-electron chi connectivity index (χ4n) is 3.24. The molecule has 1 aliphatic rings. The van der Waals surface area contributed by atoms with Gasteiger partial charge in [-0.25, -0.2) is 0 Å². The second-order valence-electron chi connectivity index (χ2n) is 7.40. The number of halogens is 3. The Kier molecular flexibility index (Phi) is 8.48. The SMILES string of the molecule is CCc1ccc(N[C@@H]2NC(=O)/C(=C/c3cc(I)c(OCc4ccc(Cl)cc4)c(I)c3)S2)cc1. The maximum Gasteiger partial charge on any atom is 0.260 e. The van der Waals surface area contributed by atoms with Crippen LogP contribution in [0.15, 0.2) is 65.6 Å². The first-order chi connectivity index (χ1) is 15.9. The molecule has 1 heterocycles. The quantitative estimate of drug-likeness (QED) is 0.201. The van der Waals surface area contributed by atoms with Crippen LogP contribution in [0, 0.1) is 7.14 Å². The van der Waals surface area contributed by atoms with Crippen LogP contribution in [-0.2, 0) is 17.8 Å². The Morgan fingerprint density at radius 3 is 2.33 bits per heavy atom. The van der Waals surface area contributed by atoms with Gasteiger partial charge in [0.2, 0.25) is 0 Å². The number of ether oxygens (including phenoxy) is 1. The van der Waals surface area contributed by atoms with Crippen LogP contribution < -0.4 is 15.4 Å². The summed E-state index contributed by atoms with van der Waals surface area (Å²) in [6, 6.07) is 20.0. The average Bonchev–Trinajstić information content (AvgIpc) is 3.13. The molecule has 0 saturated carbocycles. The lowest BCUT2D eigenvalue weighted by Crippen LogP contribution is -2.30. The highest BCUT2D eigenvalue weighted by molar-refractivity contribution is 14.1. The lowest BCUT2D eigenvalue weighted by atomic mass is 10.1. The van der Waals surface area contributed by atoms with Crippen molar-refractivity contribution in [3.63, 3.8) is 0 Å². The van der Waals surface area contributed by atoms with Crippen molar-refractivity contribution >= 4 is 86.2 Å².